The molecule has 1 aromatic heterocycles. The van der Waals surface area contributed by atoms with Crippen molar-refractivity contribution in [3.05, 3.63) is 45.9 Å². The fourth-order valence-electron chi connectivity index (χ4n) is 1.47. The van der Waals surface area contributed by atoms with Crippen LogP contribution in [0.1, 0.15) is 11.3 Å². The summed E-state index contributed by atoms with van der Waals surface area (Å²) < 4.78 is 15.8. The normalized spacial score (nSPS) is 10.8. The lowest BCUT2D eigenvalue weighted by Crippen LogP contribution is -2.02. The van der Waals surface area contributed by atoms with E-state index in [-0.39, 0.29) is 12.4 Å². The van der Waals surface area contributed by atoms with Crippen molar-refractivity contribution < 1.29 is 9.50 Å². The van der Waals surface area contributed by atoms with Gasteiger partial charge in [0.25, 0.3) is 0 Å². The Kier molecular flexibility index (Phi) is 3.86. The highest BCUT2D eigenvalue weighted by Gasteiger charge is 2.05. The summed E-state index contributed by atoms with van der Waals surface area (Å²) in [6, 6.07) is 4.90. The lowest BCUT2D eigenvalue weighted by Gasteiger charge is -2.02. The van der Waals surface area contributed by atoms with E-state index in [2.05, 4.69) is 26.2 Å². The van der Waals surface area contributed by atoms with Gasteiger partial charge in [0.1, 0.15) is 5.82 Å². The molecule has 0 aliphatic carbocycles. The van der Waals surface area contributed by atoms with Gasteiger partial charge in [0, 0.05) is 29.3 Å². The van der Waals surface area contributed by atoms with Gasteiger partial charge in [0.15, 0.2) is 0 Å². The molecule has 0 unspecified atom stereocenters. The van der Waals surface area contributed by atoms with E-state index in [4.69, 9.17) is 5.11 Å². The molecule has 0 saturated heterocycles. The van der Waals surface area contributed by atoms with Gasteiger partial charge < -0.3 is 5.11 Å². The minimum absolute atomic E-state index is 0.0331. The second kappa shape index (κ2) is 5.37. The Bertz CT molecular complexity index is 515. The second-order valence-electron chi connectivity index (χ2n) is 3.62. The molecular formula is C11H11BrFN3O. The van der Waals surface area contributed by atoms with E-state index in [0.29, 0.717) is 28.7 Å². The van der Waals surface area contributed by atoms with E-state index in [1.807, 2.05) is 0 Å². The number of rotatable bonds is 4. The first kappa shape index (κ1) is 12.2. The van der Waals surface area contributed by atoms with Crippen LogP contribution in [0.25, 0.3) is 0 Å². The van der Waals surface area contributed by atoms with Gasteiger partial charge >= 0.3 is 0 Å². The van der Waals surface area contributed by atoms with Crippen molar-refractivity contribution >= 4 is 15.9 Å². The molecule has 17 heavy (non-hydrogen) atoms. The zero-order chi connectivity index (χ0) is 12.3. The molecule has 0 spiro atoms. The maximum atomic E-state index is 13.6. The first-order valence-corrected chi connectivity index (χ1v) is 5.92. The van der Waals surface area contributed by atoms with Crippen molar-refractivity contribution in [1.82, 2.24) is 15.0 Å². The number of aromatic nitrogens is 3. The first-order chi connectivity index (χ1) is 8.19. The molecule has 1 N–H and O–H groups in total. The molecule has 2 aromatic rings. The summed E-state index contributed by atoms with van der Waals surface area (Å²) in [4.78, 5) is 0. The number of hydrogen-bond donors (Lipinski definition) is 1. The number of hydrogen-bond acceptors (Lipinski definition) is 3. The zero-order valence-corrected chi connectivity index (χ0v) is 10.6. The molecular weight excluding hydrogens is 289 g/mol. The van der Waals surface area contributed by atoms with Gasteiger partial charge in [0.05, 0.1) is 12.2 Å². The van der Waals surface area contributed by atoms with Crippen molar-refractivity contribution in [2.45, 2.75) is 13.0 Å². The van der Waals surface area contributed by atoms with Gasteiger partial charge in [-0.2, -0.15) is 0 Å². The number of benzene rings is 1. The zero-order valence-electron chi connectivity index (χ0n) is 8.98. The molecule has 90 valence electrons. The van der Waals surface area contributed by atoms with Crippen LogP contribution in [0.15, 0.2) is 28.9 Å². The SMILES string of the molecule is OCCc1cn(Cc2ccc(Br)cc2F)nn1. The van der Waals surface area contributed by atoms with E-state index < -0.39 is 0 Å². The Labute approximate surface area is 106 Å². The van der Waals surface area contributed by atoms with Crippen LogP contribution < -0.4 is 0 Å². The smallest absolute Gasteiger partial charge is 0.129 e. The van der Waals surface area contributed by atoms with Crippen molar-refractivity contribution in [3.63, 3.8) is 0 Å². The number of nitrogens with zero attached hydrogens (tertiary/aromatic N) is 3. The molecule has 1 aromatic carbocycles. The first-order valence-electron chi connectivity index (χ1n) is 5.13. The summed E-state index contributed by atoms with van der Waals surface area (Å²) in [5.41, 5.74) is 1.25. The maximum Gasteiger partial charge on any atom is 0.129 e. The summed E-state index contributed by atoms with van der Waals surface area (Å²) in [7, 11) is 0. The lowest BCUT2D eigenvalue weighted by molar-refractivity contribution is 0.298. The van der Waals surface area contributed by atoms with Crippen LogP contribution in [-0.4, -0.2) is 26.7 Å². The summed E-state index contributed by atoms with van der Waals surface area (Å²) in [6.07, 6.45) is 2.17. The molecule has 0 amide bonds. The van der Waals surface area contributed by atoms with Gasteiger partial charge in [-0.15, -0.1) is 5.10 Å². The molecule has 0 radical (unpaired) electrons. The van der Waals surface area contributed by atoms with E-state index in [1.165, 1.54) is 6.07 Å². The van der Waals surface area contributed by atoms with Gasteiger partial charge in [-0.1, -0.05) is 27.2 Å². The molecule has 0 aliphatic rings. The molecule has 2 rings (SSSR count). The Hall–Kier alpha value is -1.27. The Morgan fingerprint density at radius 2 is 2.24 bits per heavy atom. The summed E-state index contributed by atoms with van der Waals surface area (Å²) in [6.45, 7) is 0.364. The van der Waals surface area contributed by atoms with Gasteiger partial charge in [0.2, 0.25) is 0 Å². The standard InChI is InChI=1S/C11H11BrFN3O/c12-9-2-1-8(11(13)5-9)6-16-7-10(3-4-17)14-15-16/h1-2,5,7,17H,3-4,6H2. The van der Waals surface area contributed by atoms with Crippen molar-refractivity contribution in [2.24, 2.45) is 0 Å². The van der Waals surface area contributed by atoms with Crippen LogP contribution >= 0.6 is 15.9 Å². The van der Waals surface area contributed by atoms with Crippen LogP contribution in [-0.2, 0) is 13.0 Å². The van der Waals surface area contributed by atoms with Gasteiger partial charge in [-0.25, -0.2) is 9.07 Å². The molecule has 1 heterocycles. The van der Waals surface area contributed by atoms with Crippen LogP contribution in [0.2, 0.25) is 0 Å². The molecule has 0 saturated carbocycles. The molecule has 0 atom stereocenters. The third-order valence-corrected chi connectivity index (χ3v) is 2.79. The predicted octanol–water partition coefficient (Wildman–Crippen LogP) is 1.76. The Morgan fingerprint density at radius 3 is 2.94 bits per heavy atom. The topological polar surface area (TPSA) is 50.9 Å². The highest BCUT2D eigenvalue weighted by molar-refractivity contribution is 9.10. The largest absolute Gasteiger partial charge is 0.396 e. The van der Waals surface area contributed by atoms with E-state index in [1.54, 1.807) is 23.0 Å². The minimum atomic E-state index is -0.279. The average Bonchev–Trinajstić information content (AvgIpc) is 2.71. The molecule has 6 heteroatoms. The molecule has 4 nitrogen and oxygen atoms in total. The van der Waals surface area contributed by atoms with Crippen LogP contribution in [0.3, 0.4) is 0 Å². The molecule has 0 fully saturated rings. The van der Waals surface area contributed by atoms with Crippen molar-refractivity contribution in [3.8, 4) is 0 Å². The third kappa shape index (κ3) is 3.10. The van der Waals surface area contributed by atoms with Crippen LogP contribution in [0.4, 0.5) is 4.39 Å². The highest BCUT2D eigenvalue weighted by atomic mass is 79.9. The second-order valence-corrected chi connectivity index (χ2v) is 4.53. The highest BCUT2D eigenvalue weighted by Crippen LogP contribution is 2.16. The van der Waals surface area contributed by atoms with Crippen molar-refractivity contribution in [1.29, 1.82) is 0 Å². The third-order valence-electron chi connectivity index (χ3n) is 2.30. The summed E-state index contributed by atoms with van der Waals surface area (Å²) in [5.74, 6) is -0.279. The summed E-state index contributed by atoms with van der Waals surface area (Å²) >= 11 is 3.20. The quantitative estimate of drug-likeness (QED) is 0.936. The number of aliphatic hydroxyl groups is 1. The monoisotopic (exact) mass is 299 g/mol. The Balaban J connectivity index is 2.13. The Morgan fingerprint density at radius 1 is 1.41 bits per heavy atom. The van der Waals surface area contributed by atoms with Crippen LogP contribution in [0, 0.1) is 5.82 Å². The fraction of sp³-hybridized carbons (Fsp3) is 0.273. The minimum Gasteiger partial charge on any atom is -0.396 e. The lowest BCUT2D eigenvalue weighted by atomic mass is 10.2. The number of halogens is 2. The predicted molar refractivity (Wildman–Crippen MR) is 64.0 cm³/mol. The van der Waals surface area contributed by atoms with Crippen molar-refractivity contribution in [2.75, 3.05) is 6.61 Å². The number of aliphatic hydroxyl groups excluding tert-OH is 1. The van der Waals surface area contributed by atoms with Gasteiger partial charge in [-0.3, -0.25) is 0 Å². The molecule has 0 bridgehead atoms. The summed E-state index contributed by atoms with van der Waals surface area (Å²) in [5, 5.41) is 16.5. The fourth-order valence-corrected chi connectivity index (χ4v) is 1.80. The maximum absolute atomic E-state index is 13.6. The molecule has 0 aliphatic heterocycles. The van der Waals surface area contributed by atoms with E-state index in [9.17, 15) is 4.39 Å². The van der Waals surface area contributed by atoms with Crippen LogP contribution in [0.5, 0.6) is 0 Å². The van der Waals surface area contributed by atoms with E-state index in [0.717, 1.165) is 0 Å². The van der Waals surface area contributed by atoms with Gasteiger partial charge in [-0.05, 0) is 12.1 Å². The average molecular weight is 300 g/mol. The van der Waals surface area contributed by atoms with E-state index >= 15 is 0 Å².